The van der Waals surface area contributed by atoms with Crippen LogP contribution in [0.1, 0.15) is 17.3 Å². The highest BCUT2D eigenvalue weighted by Crippen LogP contribution is 2.36. The fourth-order valence-corrected chi connectivity index (χ4v) is 3.09. The maximum Gasteiger partial charge on any atom is 0.344 e. The van der Waals surface area contributed by atoms with Crippen molar-refractivity contribution in [2.75, 3.05) is 6.61 Å². The SMILES string of the molecule is CCOC(=O)c1c(-c2cccc3ccccc23)noc1-c1ccccc1. The Hall–Kier alpha value is -3.40. The Balaban J connectivity index is 1.97. The lowest BCUT2D eigenvalue weighted by Crippen LogP contribution is -2.06. The number of carbonyl (C=O) groups is 1. The summed E-state index contributed by atoms with van der Waals surface area (Å²) in [6.45, 7) is 2.07. The minimum atomic E-state index is -0.435. The van der Waals surface area contributed by atoms with Gasteiger partial charge in [0, 0.05) is 11.1 Å². The minimum absolute atomic E-state index is 0.285. The van der Waals surface area contributed by atoms with Gasteiger partial charge in [-0.25, -0.2) is 4.79 Å². The van der Waals surface area contributed by atoms with Gasteiger partial charge in [0.25, 0.3) is 0 Å². The van der Waals surface area contributed by atoms with Crippen molar-refractivity contribution >= 4 is 16.7 Å². The molecule has 0 unspecified atom stereocenters. The van der Waals surface area contributed by atoms with Gasteiger partial charge >= 0.3 is 5.97 Å². The second-order valence-corrected chi connectivity index (χ2v) is 5.85. The zero-order chi connectivity index (χ0) is 17.9. The standard InChI is InChI=1S/C22H17NO3/c1-2-25-22(24)19-20(23-26-21(19)16-10-4-3-5-11-16)18-14-8-12-15-9-6-7-13-17(15)18/h3-14H,2H2,1H3. The number of aromatic nitrogens is 1. The zero-order valence-corrected chi connectivity index (χ0v) is 14.3. The van der Waals surface area contributed by atoms with Gasteiger partial charge in [-0.05, 0) is 17.7 Å². The smallest absolute Gasteiger partial charge is 0.344 e. The first-order chi connectivity index (χ1) is 12.8. The third-order valence-corrected chi connectivity index (χ3v) is 4.25. The normalized spacial score (nSPS) is 10.8. The number of rotatable bonds is 4. The number of hydrogen-bond acceptors (Lipinski definition) is 4. The molecule has 128 valence electrons. The predicted octanol–water partition coefficient (Wildman–Crippen LogP) is 5.34. The molecular formula is C22H17NO3. The first kappa shape index (κ1) is 16.1. The number of benzene rings is 3. The molecule has 1 heterocycles. The molecule has 0 bridgehead atoms. The number of carbonyl (C=O) groups excluding carboxylic acids is 1. The molecule has 4 heteroatoms. The van der Waals surface area contributed by atoms with Gasteiger partial charge in [0.1, 0.15) is 11.3 Å². The van der Waals surface area contributed by atoms with Gasteiger partial charge in [-0.3, -0.25) is 0 Å². The van der Waals surface area contributed by atoms with E-state index in [9.17, 15) is 4.79 Å². The van der Waals surface area contributed by atoms with Gasteiger partial charge in [0.15, 0.2) is 5.76 Å². The Morgan fingerprint density at radius 1 is 0.962 bits per heavy atom. The highest BCUT2D eigenvalue weighted by molar-refractivity contribution is 6.06. The lowest BCUT2D eigenvalue weighted by molar-refractivity contribution is 0.0527. The Labute approximate surface area is 151 Å². The summed E-state index contributed by atoms with van der Waals surface area (Å²) in [6.07, 6.45) is 0. The van der Waals surface area contributed by atoms with Crippen LogP contribution in [0.3, 0.4) is 0 Å². The van der Waals surface area contributed by atoms with Crippen molar-refractivity contribution < 1.29 is 14.1 Å². The molecule has 26 heavy (non-hydrogen) atoms. The zero-order valence-electron chi connectivity index (χ0n) is 14.3. The summed E-state index contributed by atoms with van der Waals surface area (Å²) < 4.78 is 10.9. The molecule has 4 aromatic rings. The fourth-order valence-electron chi connectivity index (χ4n) is 3.09. The quantitative estimate of drug-likeness (QED) is 0.469. The molecule has 0 aliphatic rings. The van der Waals surface area contributed by atoms with E-state index >= 15 is 0 Å². The van der Waals surface area contributed by atoms with E-state index in [1.54, 1.807) is 6.92 Å². The molecule has 4 nitrogen and oxygen atoms in total. The monoisotopic (exact) mass is 343 g/mol. The lowest BCUT2D eigenvalue weighted by atomic mass is 9.97. The Morgan fingerprint density at radius 2 is 1.69 bits per heavy atom. The molecule has 0 saturated heterocycles. The van der Waals surface area contributed by atoms with Crippen LogP contribution in [0, 0.1) is 0 Å². The lowest BCUT2D eigenvalue weighted by Gasteiger charge is -2.07. The number of esters is 1. The molecule has 0 radical (unpaired) electrons. The Kier molecular flexibility index (Phi) is 4.23. The maximum absolute atomic E-state index is 12.7. The summed E-state index contributed by atoms with van der Waals surface area (Å²) in [5, 5.41) is 6.32. The molecule has 0 atom stereocenters. The van der Waals surface area contributed by atoms with E-state index < -0.39 is 5.97 Å². The summed E-state index contributed by atoms with van der Waals surface area (Å²) in [7, 11) is 0. The van der Waals surface area contributed by atoms with Crippen molar-refractivity contribution in [3.63, 3.8) is 0 Å². The van der Waals surface area contributed by atoms with Crippen molar-refractivity contribution in [1.82, 2.24) is 5.16 Å². The molecular weight excluding hydrogens is 326 g/mol. The highest BCUT2D eigenvalue weighted by Gasteiger charge is 2.27. The van der Waals surface area contributed by atoms with Crippen molar-refractivity contribution in [3.05, 3.63) is 78.4 Å². The van der Waals surface area contributed by atoms with Gasteiger partial charge in [-0.1, -0.05) is 78.0 Å². The van der Waals surface area contributed by atoms with Crippen LogP contribution in [0.2, 0.25) is 0 Å². The van der Waals surface area contributed by atoms with E-state index in [0.717, 1.165) is 21.9 Å². The number of hydrogen-bond donors (Lipinski definition) is 0. The van der Waals surface area contributed by atoms with Crippen LogP contribution < -0.4 is 0 Å². The summed E-state index contributed by atoms with van der Waals surface area (Å²) in [6, 6.07) is 23.4. The summed E-state index contributed by atoms with van der Waals surface area (Å²) >= 11 is 0. The molecule has 0 N–H and O–H groups in total. The molecule has 0 fully saturated rings. The number of fused-ring (bicyclic) bond motifs is 1. The Bertz CT molecular complexity index is 1060. The minimum Gasteiger partial charge on any atom is -0.462 e. The van der Waals surface area contributed by atoms with Crippen molar-refractivity contribution in [2.45, 2.75) is 6.92 Å². The molecule has 4 rings (SSSR count). The van der Waals surface area contributed by atoms with Crippen LogP contribution in [0.15, 0.2) is 77.3 Å². The summed E-state index contributed by atoms with van der Waals surface area (Å²) in [5.74, 6) is -0.0116. The van der Waals surface area contributed by atoms with Crippen LogP contribution in [0.4, 0.5) is 0 Å². The van der Waals surface area contributed by atoms with E-state index in [0.29, 0.717) is 17.0 Å². The largest absolute Gasteiger partial charge is 0.462 e. The molecule has 0 aliphatic carbocycles. The van der Waals surface area contributed by atoms with E-state index in [1.807, 2.05) is 72.8 Å². The average Bonchev–Trinajstić information content (AvgIpc) is 3.13. The van der Waals surface area contributed by atoms with E-state index in [-0.39, 0.29) is 6.61 Å². The molecule has 0 spiro atoms. The summed E-state index contributed by atoms with van der Waals surface area (Å²) in [5.41, 5.74) is 2.49. The molecule has 0 saturated carbocycles. The van der Waals surface area contributed by atoms with Gasteiger partial charge in [0.05, 0.1) is 6.61 Å². The van der Waals surface area contributed by atoms with E-state index in [1.165, 1.54) is 0 Å². The first-order valence-electron chi connectivity index (χ1n) is 8.50. The average molecular weight is 343 g/mol. The van der Waals surface area contributed by atoms with E-state index in [2.05, 4.69) is 5.16 Å². The van der Waals surface area contributed by atoms with Crippen molar-refractivity contribution in [2.24, 2.45) is 0 Å². The second-order valence-electron chi connectivity index (χ2n) is 5.85. The van der Waals surface area contributed by atoms with Crippen LogP contribution in [-0.4, -0.2) is 17.7 Å². The van der Waals surface area contributed by atoms with Crippen LogP contribution in [0.5, 0.6) is 0 Å². The number of ether oxygens (including phenoxy) is 1. The molecule has 1 aromatic heterocycles. The molecule has 3 aromatic carbocycles. The first-order valence-corrected chi connectivity index (χ1v) is 8.50. The van der Waals surface area contributed by atoms with E-state index in [4.69, 9.17) is 9.26 Å². The van der Waals surface area contributed by atoms with Crippen LogP contribution >= 0.6 is 0 Å². The number of nitrogens with zero attached hydrogens (tertiary/aromatic N) is 1. The Morgan fingerprint density at radius 3 is 2.50 bits per heavy atom. The third kappa shape index (κ3) is 2.75. The third-order valence-electron chi connectivity index (χ3n) is 4.25. The van der Waals surface area contributed by atoms with Gasteiger partial charge in [-0.15, -0.1) is 0 Å². The molecule has 0 amide bonds. The second kappa shape index (κ2) is 6.84. The fraction of sp³-hybridized carbons (Fsp3) is 0.0909. The van der Waals surface area contributed by atoms with Gasteiger partial charge in [0.2, 0.25) is 0 Å². The summed E-state index contributed by atoms with van der Waals surface area (Å²) in [4.78, 5) is 12.7. The molecule has 0 aliphatic heterocycles. The predicted molar refractivity (Wildman–Crippen MR) is 101 cm³/mol. The van der Waals surface area contributed by atoms with Gasteiger partial charge < -0.3 is 9.26 Å². The topological polar surface area (TPSA) is 52.3 Å². The highest BCUT2D eigenvalue weighted by atomic mass is 16.5. The van der Waals surface area contributed by atoms with Crippen molar-refractivity contribution in [3.8, 4) is 22.6 Å². The van der Waals surface area contributed by atoms with Crippen molar-refractivity contribution in [1.29, 1.82) is 0 Å². The van der Waals surface area contributed by atoms with Crippen LogP contribution in [-0.2, 0) is 4.74 Å². The maximum atomic E-state index is 12.7. The van der Waals surface area contributed by atoms with Crippen LogP contribution in [0.25, 0.3) is 33.4 Å². The van der Waals surface area contributed by atoms with Gasteiger partial charge in [-0.2, -0.15) is 0 Å².